The van der Waals surface area contributed by atoms with Crippen LogP contribution in [-0.2, 0) is 9.53 Å². The molecular weight excluding hydrogens is 268 g/mol. The zero-order valence-electron chi connectivity index (χ0n) is 13.1. The molecule has 0 radical (unpaired) electrons. The summed E-state index contributed by atoms with van der Waals surface area (Å²) in [6.07, 6.45) is 0.527. The molecule has 5 heteroatoms. The first kappa shape index (κ1) is 15.8. The molecule has 0 aliphatic heterocycles. The summed E-state index contributed by atoms with van der Waals surface area (Å²) in [5.41, 5.74) is 5.76. The molecule has 5 nitrogen and oxygen atoms in total. The SMILES string of the molecule is CCOC1CC(N)(C(=O)N(C)c2ccc(O)cc2)C1(C)C. The molecule has 1 aromatic rings. The number of carbonyl (C=O) groups excluding carboxylic acids is 1. The highest BCUT2D eigenvalue weighted by molar-refractivity contribution is 6.01. The molecule has 1 aromatic carbocycles. The first-order valence-corrected chi connectivity index (χ1v) is 7.21. The minimum atomic E-state index is -0.931. The Hall–Kier alpha value is -1.59. The predicted octanol–water partition coefficient (Wildman–Crippen LogP) is 1.89. The molecule has 2 unspecified atom stereocenters. The summed E-state index contributed by atoms with van der Waals surface area (Å²) >= 11 is 0. The van der Waals surface area contributed by atoms with Crippen molar-refractivity contribution < 1.29 is 14.6 Å². The molecule has 21 heavy (non-hydrogen) atoms. The van der Waals surface area contributed by atoms with Gasteiger partial charge >= 0.3 is 0 Å². The second kappa shape index (κ2) is 5.31. The zero-order valence-corrected chi connectivity index (χ0v) is 13.1. The van der Waals surface area contributed by atoms with E-state index in [9.17, 15) is 9.90 Å². The van der Waals surface area contributed by atoms with Gasteiger partial charge in [-0.15, -0.1) is 0 Å². The summed E-state index contributed by atoms with van der Waals surface area (Å²) in [6.45, 7) is 6.50. The molecule has 0 aromatic heterocycles. The fraction of sp³-hybridized carbons (Fsp3) is 0.562. The molecular formula is C16H24N2O3. The van der Waals surface area contributed by atoms with Crippen LogP contribution in [0.5, 0.6) is 5.75 Å². The van der Waals surface area contributed by atoms with E-state index in [1.807, 2.05) is 20.8 Å². The Labute approximate surface area is 125 Å². The van der Waals surface area contributed by atoms with Crippen LogP contribution in [0.4, 0.5) is 5.69 Å². The number of anilines is 1. The fourth-order valence-corrected chi connectivity index (χ4v) is 2.89. The molecule has 0 saturated heterocycles. The lowest BCUT2D eigenvalue weighted by Crippen LogP contribution is -2.75. The van der Waals surface area contributed by atoms with Crippen LogP contribution in [0.3, 0.4) is 0 Å². The third-order valence-electron chi connectivity index (χ3n) is 4.75. The molecule has 2 atom stereocenters. The lowest BCUT2D eigenvalue weighted by molar-refractivity contribution is -0.168. The molecule has 1 aliphatic carbocycles. The van der Waals surface area contributed by atoms with Crippen molar-refractivity contribution in [2.45, 2.75) is 38.8 Å². The average Bonchev–Trinajstić information content (AvgIpc) is 2.46. The third kappa shape index (κ3) is 2.40. The number of hydrogen-bond acceptors (Lipinski definition) is 4. The van der Waals surface area contributed by atoms with Crippen molar-refractivity contribution in [1.82, 2.24) is 0 Å². The van der Waals surface area contributed by atoms with E-state index >= 15 is 0 Å². The average molecular weight is 292 g/mol. The number of rotatable bonds is 4. The van der Waals surface area contributed by atoms with Crippen molar-refractivity contribution in [2.24, 2.45) is 11.1 Å². The summed E-state index contributed by atoms with van der Waals surface area (Å²) < 4.78 is 5.66. The monoisotopic (exact) mass is 292 g/mol. The number of benzene rings is 1. The highest BCUT2D eigenvalue weighted by Gasteiger charge is 2.63. The van der Waals surface area contributed by atoms with Gasteiger partial charge in [-0.1, -0.05) is 13.8 Å². The Kier molecular flexibility index (Phi) is 4.00. The molecule has 3 N–H and O–H groups in total. The molecule has 0 heterocycles. The van der Waals surface area contributed by atoms with Gasteiger partial charge in [0.1, 0.15) is 11.3 Å². The van der Waals surface area contributed by atoms with Crippen LogP contribution >= 0.6 is 0 Å². The second-order valence-corrected chi connectivity index (χ2v) is 6.22. The number of hydrogen-bond donors (Lipinski definition) is 2. The number of aromatic hydroxyl groups is 1. The third-order valence-corrected chi connectivity index (χ3v) is 4.75. The highest BCUT2D eigenvalue weighted by atomic mass is 16.5. The van der Waals surface area contributed by atoms with Crippen LogP contribution in [0, 0.1) is 5.41 Å². The van der Waals surface area contributed by atoms with Crippen molar-refractivity contribution in [3.8, 4) is 5.75 Å². The smallest absolute Gasteiger partial charge is 0.247 e. The van der Waals surface area contributed by atoms with E-state index in [0.29, 0.717) is 18.7 Å². The summed E-state index contributed by atoms with van der Waals surface area (Å²) in [7, 11) is 1.70. The van der Waals surface area contributed by atoms with Gasteiger partial charge < -0.3 is 20.5 Å². The minimum Gasteiger partial charge on any atom is -0.508 e. The van der Waals surface area contributed by atoms with Crippen molar-refractivity contribution >= 4 is 11.6 Å². The minimum absolute atomic E-state index is 0.00432. The number of carbonyl (C=O) groups is 1. The quantitative estimate of drug-likeness (QED) is 0.888. The Morgan fingerprint density at radius 2 is 2.00 bits per heavy atom. The Morgan fingerprint density at radius 1 is 1.43 bits per heavy atom. The number of nitrogens with two attached hydrogens (primary N) is 1. The van der Waals surface area contributed by atoms with Crippen molar-refractivity contribution in [2.75, 3.05) is 18.6 Å². The fourth-order valence-electron chi connectivity index (χ4n) is 2.89. The molecule has 0 spiro atoms. The van der Waals surface area contributed by atoms with Gasteiger partial charge in [0.2, 0.25) is 5.91 Å². The van der Waals surface area contributed by atoms with Gasteiger partial charge in [-0.25, -0.2) is 0 Å². The number of amides is 1. The maximum Gasteiger partial charge on any atom is 0.247 e. The van der Waals surface area contributed by atoms with Gasteiger partial charge in [0.15, 0.2) is 0 Å². The van der Waals surface area contributed by atoms with Crippen LogP contribution in [0.2, 0.25) is 0 Å². The highest BCUT2D eigenvalue weighted by Crippen LogP contribution is 2.50. The number of phenolic OH excluding ortho intramolecular Hbond substituents is 1. The van der Waals surface area contributed by atoms with Crippen LogP contribution in [0.25, 0.3) is 0 Å². The van der Waals surface area contributed by atoms with Gasteiger partial charge in [0, 0.05) is 31.2 Å². The molecule has 0 bridgehead atoms. The summed E-state index contributed by atoms with van der Waals surface area (Å²) in [5.74, 6) is 0.0385. The zero-order chi connectivity index (χ0) is 15.8. The van der Waals surface area contributed by atoms with E-state index in [1.165, 1.54) is 0 Å². The number of phenols is 1. The Bertz CT molecular complexity index is 527. The predicted molar refractivity (Wildman–Crippen MR) is 82.2 cm³/mol. The number of nitrogens with zero attached hydrogens (tertiary/aromatic N) is 1. The van der Waals surface area contributed by atoms with Crippen LogP contribution in [0.1, 0.15) is 27.2 Å². The maximum absolute atomic E-state index is 12.8. The normalized spacial score (nSPS) is 27.0. The summed E-state index contributed by atoms with van der Waals surface area (Å²) in [5, 5.41) is 9.33. The van der Waals surface area contributed by atoms with E-state index in [-0.39, 0.29) is 17.8 Å². The van der Waals surface area contributed by atoms with Crippen molar-refractivity contribution in [3.63, 3.8) is 0 Å². The molecule has 2 rings (SSSR count). The maximum atomic E-state index is 12.8. The lowest BCUT2D eigenvalue weighted by atomic mass is 9.54. The molecule has 1 amide bonds. The van der Waals surface area contributed by atoms with E-state index in [0.717, 1.165) is 0 Å². The van der Waals surface area contributed by atoms with Gasteiger partial charge in [0.25, 0.3) is 0 Å². The van der Waals surface area contributed by atoms with Gasteiger partial charge in [-0.2, -0.15) is 0 Å². The number of likely N-dealkylation sites (N-methyl/N-ethyl adjacent to an activating group) is 1. The lowest BCUT2D eigenvalue weighted by Gasteiger charge is -2.58. The summed E-state index contributed by atoms with van der Waals surface area (Å²) in [4.78, 5) is 14.3. The Balaban J connectivity index is 2.18. The molecule has 1 fully saturated rings. The number of ether oxygens (including phenoxy) is 1. The van der Waals surface area contributed by atoms with E-state index in [1.54, 1.807) is 36.2 Å². The standard InChI is InChI=1S/C16H24N2O3/c1-5-21-13-10-16(17,15(13,2)3)14(20)18(4)11-6-8-12(19)9-7-11/h6-9,13,19H,5,10,17H2,1-4H3. The topological polar surface area (TPSA) is 75.8 Å². The van der Waals surface area contributed by atoms with E-state index in [4.69, 9.17) is 10.5 Å². The van der Waals surface area contributed by atoms with Crippen LogP contribution in [-0.4, -0.2) is 36.3 Å². The van der Waals surface area contributed by atoms with Crippen molar-refractivity contribution in [1.29, 1.82) is 0 Å². The van der Waals surface area contributed by atoms with E-state index < -0.39 is 11.0 Å². The molecule has 1 aliphatic rings. The van der Waals surface area contributed by atoms with Gasteiger partial charge in [-0.05, 0) is 31.2 Å². The van der Waals surface area contributed by atoms with Crippen molar-refractivity contribution in [3.05, 3.63) is 24.3 Å². The summed E-state index contributed by atoms with van der Waals surface area (Å²) in [6, 6.07) is 6.50. The largest absolute Gasteiger partial charge is 0.508 e. The molecule has 1 saturated carbocycles. The first-order chi connectivity index (χ1) is 9.74. The molecule has 116 valence electrons. The van der Waals surface area contributed by atoms with Crippen LogP contribution in [0.15, 0.2) is 24.3 Å². The van der Waals surface area contributed by atoms with Gasteiger partial charge in [-0.3, -0.25) is 4.79 Å². The Morgan fingerprint density at radius 3 is 2.48 bits per heavy atom. The second-order valence-electron chi connectivity index (χ2n) is 6.22. The first-order valence-electron chi connectivity index (χ1n) is 7.21. The van der Waals surface area contributed by atoms with Crippen LogP contribution < -0.4 is 10.6 Å². The van der Waals surface area contributed by atoms with E-state index in [2.05, 4.69) is 0 Å². The van der Waals surface area contributed by atoms with Gasteiger partial charge in [0.05, 0.1) is 6.10 Å².